The fourth-order valence-electron chi connectivity index (χ4n) is 1.93. The van der Waals surface area contributed by atoms with E-state index in [2.05, 4.69) is 32.7 Å². The largest absolute Gasteiger partial charge is 0.491 e. The Morgan fingerprint density at radius 2 is 2.00 bits per heavy atom. The molecule has 4 heteroatoms. The zero-order chi connectivity index (χ0) is 15.7. The number of benzene rings is 1. The average molecular weight is 313 g/mol. The lowest BCUT2D eigenvalue weighted by Crippen LogP contribution is -2.84. The molecule has 0 saturated carbocycles. The van der Waals surface area contributed by atoms with Gasteiger partial charge in [-0.2, -0.15) is 0 Å². The Hall–Kier alpha value is -1.03. The Kier molecular flexibility index (Phi) is 7.79. The number of ether oxygens (including phenoxy) is 2. The van der Waals surface area contributed by atoms with Gasteiger partial charge in [0.2, 0.25) is 0 Å². The van der Waals surface area contributed by atoms with E-state index in [1.54, 1.807) is 0 Å². The SMILES string of the molecule is C=CC[NH2+]CCOCCOc1ccc(Cl)cc1C(C)(C)C. The van der Waals surface area contributed by atoms with Crippen LogP contribution in [0.1, 0.15) is 26.3 Å². The number of halogens is 1. The van der Waals surface area contributed by atoms with E-state index >= 15 is 0 Å². The zero-order valence-electron chi connectivity index (χ0n) is 13.3. The first-order valence-corrected chi connectivity index (χ1v) is 7.76. The van der Waals surface area contributed by atoms with Gasteiger partial charge < -0.3 is 14.8 Å². The van der Waals surface area contributed by atoms with Crippen LogP contribution in [0.2, 0.25) is 5.02 Å². The lowest BCUT2D eigenvalue weighted by molar-refractivity contribution is -0.647. The highest BCUT2D eigenvalue weighted by Gasteiger charge is 2.19. The summed E-state index contributed by atoms with van der Waals surface area (Å²) in [7, 11) is 0. The maximum atomic E-state index is 6.08. The van der Waals surface area contributed by atoms with Crippen LogP contribution in [0.3, 0.4) is 0 Å². The van der Waals surface area contributed by atoms with Crippen molar-refractivity contribution in [1.82, 2.24) is 0 Å². The lowest BCUT2D eigenvalue weighted by Gasteiger charge is -2.23. The highest BCUT2D eigenvalue weighted by atomic mass is 35.5. The lowest BCUT2D eigenvalue weighted by atomic mass is 9.86. The predicted octanol–water partition coefficient (Wildman–Crippen LogP) is 2.78. The normalized spacial score (nSPS) is 11.4. The molecule has 0 aliphatic carbocycles. The Morgan fingerprint density at radius 1 is 1.24 bits per heavy atom. The van der Waals surface area contributed by atoms with Crippen LogP contribution in [-0.2, 0) is 10.2 Å². The van der Waals surface area contributed by atoms with Gasteiger partial charge in [0.05, 0.1) is 26.3 Å². The van der Waals surface area contributed by atoms with Crippen LogP contribution in [0.5, 0.6) is 5.75 Å². The van der Waals surface area contributed by atoms with Gasteiger partial charge in [-0.1, -0.05) is 39.0 Å². The monoisotopic (exact) mass is 312 g/mol. The Labute approximate surface area is 133 Å². The molecule has 0 spiro atoms. The van der Waals surface area contributed by atoms with E-state index in [0.717, 1.165) is 36.0 Å². The molecule has 118 valence electrons. The van der Waals surface area contributed by atoms with Gasteiger partial charge in [0.25, 0.3) is 0 Å². The summed E-state index contributed by atoms with van der Waals surface area (Å²) in [6.45, 7) is 13.9. The number of hydrogen-bond donors (Lipinski definition) is 1. The van der Waals surface area contributed by atoms with Crippen LogP contribution in [0.25, 0.3) is 0 Å². The molecule has 1 aromatic carbocycles. The minimum atomic E-state index is 0.000733. The molecule has 0 aromatic heterocycles. The van der Waals surface area contributed by atoms with Crippen LogP contribution in [0.4, 0.5) is 0 Å². The van der Waals surface area contributed by atoms with E-state index < -0.39 is 0 Å². The third kappa shape index (κ3) is 6.98. The van der Waals surface area contributed by atoms with Crippen molar-refractivity contribution in [3.05, 3.63) is 41.4 Å². The van der Waals surface area contributed by atoms with Gasteiger partial charge in [0.15, 0.2) is 0 Å². The number of rotatable bonds is 9. The molecule has 0 unspecified atom stereocenters. The van der Waals surface area contributed by atoms with Gasteiger partial charge in [0, 0.05) is 10.6 Å². The first-order valence-electron chi connectivity index (χ1n) is 7.38. The van der Waals surface area contributed by atoms with Crippen LogP contribution in [0.15, 0.2) is 30.9 Å². The fourth-order valence-corrected chi connectivity index (χ4v) is 2.10. The summed E-state index contributed by atoms with van der Waals surface area (Å²) in [6, 6.07) is 5.76. The summed E-state index contributed by atoms with van der Waals surface area (Å²) in [5.41, 5.74) is 1.12. The second kappa shape index (κ2) is 9.08. The summed E-state index contributed by atoms with van der Waals surface area (Å²) in [5.74, 6) is 0.883. The van der Waals surface area contributed by atoms with E-state index in [1.165, 1.54) is 0 Å². The van der Waals surface area contributed by atoms with Gasteiger partial charge in [-0.15, -0.1) is 0 Å². The summed E-state index contributed by atoms with van der Waals surface area (Å²) in [6.07, 6.45) is 1.89. The van der Waals surface area contributed by atoms with Crippen molar-refractivity contribution < 1.29 is 14.8 Å². The van der Waals surface area contributed by atoms with Crippen molar-refractivity contribution in [2.75, 3.05) is 32.9 Å². The molecule has 1 aromatic rings. The number of hydrogen-bond acceptors (Lipinski definition) is 2. The van der Waals surface area contributed by atoms with Crippen LogP contribution < -0.4 is 10.1 Å². The Bertz CT molecular complexity index is 441. The van der Waals surface area contributed by atoms with Gasteiger partial charge in [-0.3, -0.25) is 0 Å². The molecule has 0 heterocycles. The highest BCUT2D eigenvalue weighted by molar-refractivity contribution is 6.30. The molecule has 21 heavy (non-hydrogen) atoms. The number of nitrogens with two attached hydrogens (primary N) is 1. The van der Waals surface area contributed by atoms with Crippen molar-refractivity contribution in [3.63, 3.8) is 0 Å². The standard InChI is InChI=1S/C17H26ClNO2/c1-5-8-19-9-10-20-11-12-21-16-7-6-14(18)13-15(16)17(2,3)4/h5-7,13,19H,1,8-12H2,2-4H3/p+1. The van der Waals surface area contributed by atoms with E-state index in [4.69, 9.17) is 21.1 Å². The summed E-state index contributed by atoms with van der Waals surface area (Å²) >= 11 is 6.08. The van der Waals surface area contributed by atoms with E-state index in [-0.39, 0.29) is 5.41 Å². The van der Waals surface area contributed by atoms with Crippen molar-refractivity contribution in [2.24, 2.45) is 0 Å². The van der Waals surface area contributed by atoms with Crippen LogP contribution >= 0.6 is 11.6 Å². The second-order valence-corrected chi connectivity index (χ2v) is 6.39. The maximum absolute atomic E-state index is 6.08. The van der Waals surface area contributed by atoms with E-state index in [0.29, 0.717) is 13.2 Å². The zero-order valence-corrected chi connectivity index (χ0v) is 14.1. The van der Waals surface area contributed by atoms with E-state index in [9.17, 15) is 0 Å². The molecular weight excluding hydrogens is 286 g/mol. The Balaban J connectivity index is 2.37. The molecular formula is C17H27ClNO2+. The van der Waals surface area contributed by atoms with E-state index in [1.807, 2.05) is 24.3 Å². The molecule has 3 nitrogen and oxygen atoms in total. The van der Waals surface area contributed by atoms with Crippen molar-refractivity contribution >= 4 is 11.6 Å². The summed E-state index contributed by atoms with van der Waals surface area (Å²) in [4.78, 5) is 0. The molecule has 0 bridgehead atoms. The molecule has 0 saturated heterocycles. The third-order valence-electron chi connectivity index (χ3n) is 3.03. The van der Waals surface area contributed by atoms with Crippen molar-refractivity contribution in [1.29, 1.82) is 0 Å². The van der Waals surface area contributed by atoms with Crippen molar-refractivity contribution in [2.45, 2.75) is 26.2 Å². The molecule has 0 radical (unpaired) electrons. The minimum absolute atomic E-state index is 0.000733. The molecule has 2 N–H and O–H groups in total. The van der Waals surface area contributed by atoms with Crippen molar-refractivity contribution in [3.8, 4) is 5.75 Å². The van der Waals surface area contributed by atoms with Gasteiger partial charge in [0.1, 0.15) is 12.4 Å². The Morgan fingerprint density at radius 3 is 2.67 bits per heavy atom. The minimum Gasteiger partial charge on any atom is -0.491 e. The summed E-state index contributed by atoms with van der Waals surface area (Å²) < 4.78 is 11.4. The maximum Gasteiger partial charge on any atom is 0.123 e. The molecule has 0 aliphatic heterocycles. The first-order chi connectivity index (χ1) is 9.95. The molecule has 0 aliphatic rings. The van der Waals surface area contributed by atoms with Gasteiger partial charge in [-0.05, 0) is 29.7 Å². The average Bonchev–Trinajstić information content (AvgIpc) is 2.42. The fraction of sp³-hybridized carbons (Fsp3) is 0.529. The topological polar surface area (TPSA) is 35.1 Å². The number of quaternary nitrogens is 1. The molecule has 0 fully saturated rings. The smallest absolute Gasteiger partial charge is 0.123 e. The predicted molar refractivity (Wildman–Crippen MR) is 88.3 cm³/mol. The quantitative estimate of drug-likeness (QED) is 0.562. The second-order valence-electron chi connectivity index (χ2n) is 5.95. The van der Waals surface area contributed by atoms with Gasteiger partial charge in [-0.25, -0.2) is 0 Å². The van der Waals surface area contributed by atoms with Gasteiger partial charge >= 0.3 is 0 Å². The molecule has 1 rings (SSSR count). The summed E-state index contributed by atoms with van der Waals surface area (Å²) in [5, 5.41) is 2.89. The van der Waals surface area contributed by atoms with Crippen LogP contribution in [-0.4, -0.2) is 32.9 Å². The molecule has 0 atom stereocenters. The first kappa shape index (κ1) is 18.0. The highest BCUT2D eigenvalue weighted by Crippen LogP contribution is 2.33. The molecule has 0 amide bonds. The van der Waals surface area contributed by atoms with Crippen LogP contribution in [0, 0.1) is 0 Å². The third-order valence-corrected chi connectivity index (χ3v) is 3.27.